The summed E-state index contributed by atoms with van der Waals surface area (Å²) in [6.07, 6.45) is 5.01. The average Bonchev–Trinajstić information content (AvgIpc) is 2.51. The number of nitrogens with zero attached hydrogens (tertiary/aromatic N) is 2. The number of aromatic nitrogens is 2. The number of rotatable bonds is 6. The van der Waals surface area contributed by atoms with Crippen LogP contribution in [0.1, 0.15) is 20.3 Å². The van der Waals surface area contributed by atoms with Crippen molar-refractivity contribution in [2.24, 2.45) is 7.05 Å². The zero-order valence-electron chi connectivity index (χ0n) is 9.16. The van der Waals surface area contributed by atoms with Gasteiger partial charge in [-0.15, -0.1) is 0 Å². The number of hydrogen-bond acceptors (Lipinski definition) is 3. The maximum Gasteiger partial charge on any atom is 0.167 e. The van der Waals surface area contributed by atoms with Gasteiger partial charge in [-0.05, 0) is 13.0 Å². The summed E-state index contributed by atoms with van der Waals surface area (Å²) in [6, 6.07) is 0.591. The van der Waals surface area contributed by atoms with Gasteiger partial charge in [0, 0.05) is 31.2 Å². The van der Waals surface area contributed by atoms with Crippen LogP contribution in [0.2, 0.25) is 0 Å². The average molecular weight is 213 g/mol. The Balaban J connectivity index is 2.08. The predicted octanol–water partition coefficient (Wildman–Crippen LogP) is 1.90. The second-order valence-electron chi connectivity index (χ2n) is 3.63. The van der Waals surface area contributed by atoms with E-state index >= 15 is 0 Å². The highest BCUT2D eigenvalue weighted by Crippen LogP contribution is 2.14. The van der Waals surface area contributed by atoms with Gasteiger partial charge in [0.1, 0.15) is 0 Å². The van der Waals surface area contributed by atoms with E-state index in [9.17, 15) is 0 Å². The molecule has 3 nitrogen and oxygen atoms in total. The fraction of sp³-hybridized carbons (Fsp3) is 0.700. The Bertz CT molecular complexity index is 258. The van der Waals surface area contributed by atoms with Gasteiger partial charge in [-0.1, -0.05) is 25.6 Å². The number of nitrogens with one attached hydrogen (secondary N) is 1. The van der Waals surface area contributed by atoms with Crippen LogP contribution in [0.25, 0.3) is 0 Å². The summed E-state index contributed by atoms with van der Waals surface area (Å²) in [5.41, 5.74) is 0. The van der Waals surface area contributed by atoms with Gasteiger partial charge >= 0.3 is 0 Å². The van der Waals surface area contributed by atoms with E-state index in [2.05, 4.69) is 28.7 Å². The van der Waals surface area contributed by atoms with E-state index in [0.717, 1.165) is 17.5 Å². The van der Waals surface area contributed by atoms with Crippen LogP contribution >= 0.6 is 11.8 Å². The smallest absolute Gasteiger partial charge is 0.167 e. The molecule has 0 aromatic carbocycles. The van der Waals surface area contributed by atoms with Crippen LogP contribution in [0.4, 0.5) is 0 Å². The Morgan fingerprint density at radius 3 is 2.93 bits per heavy atom. The lowest BCUT2D eigenvalue weighted by Crippen LogP contribution is -2.23. The summed E-state index contributed by atoms with van der Waals surface area (Å²) in [5, 5.41) is 4.51. The van der Waals surface area contributed by atoms with Gasteiger partial charge in [0.15, 0.2) is 5.16 Å². The Hall–Kier alpha value is -0.480. The van der Waals surface area contributed by atoms with Gasteiger partial charge in [-0.25, -0.2) is 4.98 Å². The third-order valence-corrected chi connectivity index (χ3v) is 3.03. The zero-order valence-corrected chi connectivity index (χ0v) is 9.97. The number of hydrogen-bond donors (Lipinski definition) is 1. The van der Waals surface area contributed by atoms with Crippen molar-refractivity contribution in [2.75, 3.05) is 12.3 Å². The summed E-state index contributed by atoms with van der Waals surface area (Å²) < 4.78 is 2.06. The lowest BCUT2D eigenvalue weighted by Gasteiger charge is -2.07. The SMILES string of the molecule is CC(C)NCCCSc1nccn1C. The van der Waals surface area contributed by atoms with Crippen LogP contribution in [0.5, 0.6) is 0 Å². The van der Waals surface area contributed by atoms with Gasteiger partial charge in [0.2, 0.25) is 0 Å². The van der Waals surface area contributed by atoms with Crippen LogP contribution in [-0.4, -0.2) is 27.9 Å². The molecule has 0 unspecified atom stereocenters. The molecule has 0 bridgehead atoms. The summed E-state index contributed by atoms with van der Waals surface area (Å²) in [7, 11) is 2.03. The summed E-state index contributed by atoms with van der Waals surface area (Å²) in [6.45, 7) is 5.44. The third-order valence-electron chi connectivity index (χ3n) is 1.88. The molecule has 1 rings (SSSR count). The molecule has 80 valence electrons. The van der Waals surface area contributed by atoms with Crippen molar-refractivity contribution in [2.45, 2.75) is 31.5 Å². The molecular weight excluding hydrogens is 194 g/mol. The molecule has 0 amide bonds. The molecule has 0 fully saturated rings. The fourth-order valence-corrected chi connectivity index (χ4v) is 1.99. The van der Waals surface area contributed by atoms with E-state index in [1.54, 1.807) is 0 Å². The molecule has 0 saturated heterocycles. The molecule has 14 heavy (non-hydrogen) atoms. The quantitative estimate of drug-likeness (QED) is 0.578. The molecule has 0 aliphatic rings. The maximum absolute atomic E-state index is 4.25. The first-order chi connectivity index (χ1) is 6.70. The maximum atomic E-state index is 4.25. The summed E-state index contributed by atoms with van der Waals surface area (Å²) in [5.74, 6) is 1.13. The molecule has 0 atom stereocenters. The monoisotopic (exact) mass is 213 g/mol. The van der Waals surface area contributed by atoms with Gasteiger partial charge < -0.3 is 9.88 Å². The van der Waals surface area contributed by atoms with Crippen LogP contribution < -0.4 is 5.32 Å². The zero-order chi connectivity index (χ0) is 10.4. The predicted molar refractivity (Wildman–Crippen MR) is 61.7 cm³/mol. The molecule has 4 heteroatoms. The number of thioether (sulfide) groups is 1. The van der Waals surface area contributed by atoms with E-state index in [-0.39, 0.29) is 0 Å². The molecule has 1 heterocycles. The molecular formula is C10H19N3S. The van der Waals surface area contributed by atoms with E-state index in [0.29, 0.717) is 6.04 Å². The molecule has 0 aliphatic heterocycles. The second kappa shape index (κ2) is 6.09. The second-order valence-corrected chi connectivity index (χ2v) is 4.69. The van der Waals surface area contributed by atoms with Crippen molar-refractivity contribution >= 4 is 11.8 Å². The lowest BCUT2D eigenvalue weighted by molar-refractivity contribution is 0.585. The van der Waals surface area contributed by atoms with Gasteiger partial charge in [0.25, 0.3) is 0 Å². The molecule has 0 radical (unpaired) electrons. The molecule has 1 aromatic rings. The van der Waals surface area contributed by atoms with E-state index < -0.39 is 0 Å². The standard InChI is InChI=1S/C10H19N3S/c1-9(2)11-5-4-8-14-10-12-6-7-13(10)3/h6-7,9,11H,4-5,8H2,1-3H3. The minimum absolute atomic E-state index is 0.591. The Kier molecular flexibility index (Phi) is 5.04. The van der Waals surface area contributed by atoms with Crippen molar-refractivity contribution in [3.63, 3.8) is 0 Å². The highest BCUT2D eigenvalue weighted by atomic mass is 32.2. The van der Waals surface area contributed by atoms with Crippen LogP contribution in [0.15, 0.2) is 17.6 Å². The van der Waals surface area contributed by atoms with Crippen molar-refractivity contribution < 1.29 is 0 Å². The van der Waals surface area contributed by atoms with Crippen LogP contribution in [0, 0.1) is 0 Å². The highest BCUT2D eigenvalue weighted by molar-refractivity contribution is 7.99. The first kappa shape index (κ1) is 11.6. The van der Waals surface area contributed by atoms with Crippen molar-refractivity contribution in [3.8, 4) is 0 Å². The molecule has 0 saturated carbocycles. The Morgan fingerprint density at radius 1 is 1.57 bits per heavy atom. The molecule has 1 N–H and O–H groups in total. The van der Waals surface area contributed by atoms with E-state index in [4.69, 9.17) is 0 Å². The van der Waals surface area contributed by atoms with Crippen molar-refractivity contribution in [3.05, 3.63) is 12.4 Å². The van der Waals surface area contributed by atoms with Crippen molar-refractivity contribution in [1.29, 1.82) is 0 Å². The Morgan fingerprint density at radius 2 is 2.36 bits per heavy atom. The summed E-state index contributed by atoms with van der Waals surface area (Å²) >= 11 is 1.82. The first-order valence-corrected chi connectivity index (χ1v) is 6.02. The summed E-state index contributed by atoms with van der Waals surface area (Å²) in [4.78, 5) is 4.25. The largest absolute Gasteiger partial charge is 0.329 e. The van der Waals surface area contributed by atoms with E-state index in [1.165, 1.54) is 6.42 Å². The Labute approximate surface area is 90.3 Å². The minimum atomic E-state index is 0.591. The van der Waals surface area contributed by atoms with Crippen LogP contribution in [-0.2, 0) is 7.05 Å². The topological polar surface area (TPSA) is 29.9 Å². The first-order valence-electron chi connectivity index (χ1n) is 5.03. The third kappa shape index (κ3) is 4.15. The number of imidazole rings is 1. The van der Waals surface area contributed by atoms with Gasteiger partial charge in [-0.2, -0.15) is 0 Å². The highest BCUT2D eigenvalue weighted by Gasteiger charge is 1.99. The molecule has 0 spiro atoms. The lowest BCUT2D eigenvalue weighted by atomic mass is 10.4. The molecule has 1 aromatic heterocycles. The van der Waals surface area contributed by atoms with Crippen molar-refractivity contribution in [1.82, 2.24) is 14.9 Å². The fourth-order valence-electron chi connectivity index (χ4n) is 1.12. The van der Waals surface area contributed by atoms with E-state index in [1.807, 2.05) is 31.2 Å². The minimum Gasteiger partial charge on any atom is -0.329 e. The van der Waals surface area contributed by atoms with Gasteiger partial charge in [0.05, 0.1) is 0 Å². The van der Waals surface area contributed by atoms with Crippen LogP contribution in [0.3, 0.4) is 0 Å². The number of aryl methyl sites for hydroxylation is 1. The normalized spacial score (nSPS) is 11.1. The molecule has 0 aliphatic carbocycles. The van der Waals surface area contributed by atoms with Gasteiger partial charge in [-0.3, -0.25) is 0 Å².